The predicted octanol–water partition coefficient (Wildman–Crippen LogP) is -7.78. The third-order valence-corrected chi connectivity index (χ3v) is 1.91. The summed E-state index contributed by atoms with van der Waals surface area (Å²) in [5, 5.41) is 0. The van der Waals surface area contributed by atoms with Crippen molar-refractivity contribution in [2.24, 2.45) is 0 Å². The van der Waals surface area contributed by atoms with Crippen LogP contribution in [-0.4, -0.2) is 192 Å². The van der Waals surface area contributed by atoms with Crippen molar-refractivity contribution in [1.82, 2.24) is 0 Å². The summed E-state index contributed by atoms with van der Waals surface area (Å²) in [4.78, 5) is 31.0. The first-order valence-electron chi connectivity index (χ1n) is 1.53. The van der Waals surface area contributed by atoms with Crippen molar-refractivity contribution < 1.29 is 54.9 Å². The minimum absolute atomic E-state index is 0. The van der Waals surface area contributed by atoms with E-state index in [1.165, 1.54) is 0 Å². The topological polar surface area (TPSA) is 250 Å². The molecular weight excluding hydrogens is 398 g/mol. The van der Waals surface area contributed by atoms with Crippen LogP contribution < -0.4 is 0 Å². The molecule has 12 N–H and O–H groups in total. The van der Waals surface area contributed by atoms with Crippen LogP contribution in [0.2, 0.25) is 0 Å². The fraction of sp³-hybridized carbons (Fsp3) is 0. The van der Waals surface area contributed by atoms with E-state index in [9.17, 15) is 9.13 Å². The van der Waals surface area contributed by atoms with Gasteiger partial charge in [0.15, 0.2) is 0 Å². The number of hydrogen-bond acceptors (Lipinski definition) is 3. The zero-order chi connectivity index (χ0) is 7.71. The molecule has 0 heterocycles. The van der Waals surface area contributed by atoms with Gasteiger partial charge in [-0.05, 0) is 0 Å². The van der Waals surface area contributed by atoms with E-state index >= 15 is 0 Å². The Labute approximate surface area is 216 Å². The summed E-state index contributed by atoms with van der Waals surface area (Å²) in [6, 6.07) is 0. The van der Waals surface area contributed by atoms with Crippen LogP contribution in [0, 0.1) is 0 Å². The first kappa shape index (κ1) is 57.3. The molecule has 0 atom stereocenters. The van der Waals surface area contributed by atoms with Crippen molar-refractivity contribution >= 4 is 167 Å². The molecule has 0 bridgehead atoms. The van der Waals surface area contributed by atoms with Crippen LogP contribution in [0.5, 0.6) is 0 Å². The predicted molar refractivity (Wildman–Crippen MR) is 73.8 cm³/mol. The summed E-state index contributed by atoms with van der Waals surface area (Å²) in [5.74, 6) is 0. The van der Waals surface area contributed by atoms with Crippen LogP contribution in [0.3, 0.4) is 0 Å². The van der Waals surface area contributed by atoms with Gasteiger partial charge in [0.25, 0.3) is 0 Å². The summed E-state index contributed by atoms with van der Waals surface area (Å²) in [6.45, 7) is 0. The van der Waals surface area contributed by atoms with Gasteiger partial charge in [-0.1, -0.05) is 0 Å². The zero-order valence-electron chi connectivity index (χ0n) is 5.91. The van der Waals surface area contributed by atoms with E-state index in [-0.39, 0.29) is 173 Å². The normalized spacial score (nSPS) is 7.29. The van der Waals surface area contributed by atoms with Gasteiger partial charge in [-0.2, -0.15) is 4.31 Å². The van der Waals surface area contributed by atoms with Crippen LogP contribution in [0.1, 0.15) is 0 Å². The van der Waals surface area contributed by atoms with Crippen molar-refractivity contribution in [3.8, 4) is 0 Å². The maximum absolute atomic E-state index is 9.63. The molecule has 0 aliphatic heterocycles. The van der Waals surface area contributed by atoms with E-state index in [0.29, 0.717) is 0 Å². The summed E-state index contributed by atoms with van der Waals surface area (Å²) in [6.07, 6.45) is 0. The molecule has 0 radical (unpaired) electrons. The van der Waals surface area contributed by atoms with Gasteiger partial charge in [-0.3, -0.25) is 0 Å². The first-order chi connectivity index (χ1) is 3.71. The van der Waals surface area contributed by atoms with E-state index < -0.39 is 15.6 Å². The van der Waals surface area contributed by atoms with Crippen molar-refractivity contribution in [2.45, 2.75) is 0 Å². The van der Waals surface area contributed by atoms with E-state index in [1.807, 2.05) is 0 Å². The Morgan fingerprint density at radius 2 is 0.706 bits per heavy atom. The van der Waals surface area contributed by atoms with Crippen LogP contribution in [0.15, 0.2) is 0 Å². The van der Waals surface area contributed by atoms with E-state index in [1.54, 1.807) is 0 Å². The average Bonchev–Trinajstić information content (AvgIpc) is 1.14. The van der Waals surface area contributed by atoms with Gasteiger partial charge in [0.05, 0.1) is 0 Å². The van der Waals surface area contributed by atoms with Gasteiger partial charge in [-0.15, -0.1) is 0 Å². The standard InChI is InChI=1S/4Ca.H4O7P2.4H2O.8H/c;;;;1-8(2,3)7-9(4,5)6;;;;;;;;;;;;/h;;;;(H2,1,2,3)(H2,4,5,6);4*1H2;;;;;;;;. The molecule has 104 valence electrons. The van der Waals surface area contributed by atoms with Crippen molar-refractivity contribution in [1.29, 1.82) is 0 Å². The van der Waals surface area contributed by atoms with Crippen molar-refractivity contribution in [3.05, 3.63) is 0 Å². The van der Waals surface area contributed by atoms with Gasteiger partial charge in [0.1, 0.15) is 0 Å². The summed E-state index contributed by atoms with van der Waals surface area (Å²) < 4.78 is 22.2. The molecule has 0 aliphatic carbocycles. The molecule has 11 nitrogen and oxygen atoms in total. The Bertz CT molecular complexity index is 162. The second-order valence-electron chi connectivity index (χ2n) is 1.06. The molecule has 0 spiro atoms. The monoisotopic (exact) mass is 418 g/mol. The molecule has 0 amide bonds. The van der Waals surface area contributed by atoms with Gasteiger partial charge in [-0.25, -0.2) is 9.13 Å². The fourth-order valence-electron chi connectivity index (χ4n) is 0.139. The Hall–Kier alpha value is 5.14. The van der Waals surface area contributed by atoms with E-state index in [2.05, 4.69) is 4.31 Å². The SMILES string of the molecule is O.O.O.O.O=P(O)(O)OP(=O)(O)O.[CaH2].[CaH2].[CaH2].[CaH2]. The molecule has 0 aromatic rings. The number of hydrogen-bond donors (Lipinski definition) is 4. The number of phosphoric acid groups is 2. The minimum atomic E-state index is -5.05. The zero-order valence-corrected chi connectivity index (χ0v) is 7.70. The first-order valence-corrected chi connectivity index (χ1v) is 4.59. The molecule has 17 heavy (non-hydrogen) atoms. The Morgan fingerprint density at radius 1 is 0.588 bits per heavy atom. The molecule has 17 heteroatoms. The molecule has 0 aliphatic rings. The maximum atomic E-state index is 9.63. The average molecular weight is 418 g/mol. The van der Waals surface area contributed by atoms with Gasteiger partial charge < -0.3 is 41.5 Å². The Balaban J connectivity index is -0.0000000114. The number of rotatable bonds is 2. The summed E-state index contributed by atoms with van der Waals surface area (Å²) in [7, 11) is -10.1. The van der Waals surface area contributed by atoms with Crippen molar-refractivity contribution in [2.75, 3.05) is 0 Å². The Kier molecular flexibility index (Phi) is 87.8. The van der Waals surface area contributed by atoms with E-state index in [4.69, 9.17) is 19.6 Å². The van der Waals surface area contributed by atoms with E-state index in [0.717, 1.165) is 0 Å². The van der Waals surface area contributed by atoms with Gasteiger partial charge >= 0.3 is 167 Å². The van der Waals surface area contributed by atoms with Gasteiger partial charge in [0, 0.05) is 0 Å². The molecule has 0 saturated carbocycles. The van der Waals surface area contributed by atoms with Crippen molar-refractivity contribution in [3.63, 3.8) is 0 Å². The van der Waals surface area contributed by atoms with Gasteiger partial charge in [0.2, 0.25) is 0 Å². The quantitative estimate of drug-likeness (QED) is 0.248. The Morgan fingerprint density at radius 3 is 0.706 bits per heavy atom. The molecule has 0 saturated heterocycles. The third kappa shape index (κ3) is 62.4. The molecule has 0 aromatic heterocycles. The van der Waals surface area contributed by atoms with Crippen LogP contribution in [0.25, 0.3) is 0 Å². The summed E-state index contributed by atoms with van der Waals surface area (Å²) >= 11 is 0. The molecule has 0 rings (SSSR count). The van der Waals surface area contributed by atoms with Crippen LogP contribution in [-0.2, 0) is 13.4 Å². The fourth-order valence-corrected chi connectivity index (χ4v) is 1.25. The molecular formula is H20Ca4O11P2. The van der Waals surface area contributed by atoms with Crippen LogP contribution in [0.4, 0.5) is 0 Å². The summed E-state index contributed by atoms with van der Waals surface area (Å²) in [5.41, 5.74) is 0. The molecule has 0 unspecified atom stereocenters. The van der Waals surface area contributed by atoms with Crippen LogP contribution >= 0.6 is 15.6 Å². The molecule has 0 fully saturated rings. The third-order valence-electron chi connectivity index (χ3n) is 0.213. The second-order valence-corrected chi connectivity index (χ2v) is 3.68. The second kappa shape index (κ2) is 26.1. The molecule has 0 aromatic carbocycles.